The van der Waals surface area contributed by atoms with Crippen LogP contribution < -0.4 is 42.0 Å². The molecule has 6 heavy (non-hydrogen) atoms. The topological polar surface area (TPSA) is 60.4 Å². The molecule has 0 aliphatic carbocycles. The predicted molar refractivity (Wildman–Crippen MR) is 11.5 cm³/mol. The molecule has 0 aromatic rings. The molecule has 3 nitrogen and oxygen atoms in total. The second-order valence-corrected chi connectivity index (χ2v) is 0.651. The maximum Gasteiger partial charge on any atom is 1.00 e. The summed E-state index contributed by atoms with van der Waals surface area (Å²) in [4.78, 5) is 0. The number of halogens is 1. The largest absolute Gasteiger partial charge is 1.00 e. The zero-order chi connectivity index (χ0) is 3.58. The molecule has 0 amide bonds. The van der Waals surface area contributed by atoms with Gasteiger partial charge >= 0.3 is 29.6 Å². The third kappa shape index (κ3) is 55.1. The van der Waals surface area contributed by atoms with Gasteiger partial charge in [-0.3, -0.25) is 0 Å². The van der Waals surface area contributed by atoms with Crippen LogP contribution in [0.5, 0.6) is 0 Å². The van der Waals surface area contributed by atoms with Gasteiger partial charge in [-0.1, -0.05) is 0 Å². The smallest absolute Gasteiger partial charge is 1.00 e. The Morgan fingerprint density at radius 3 is 1.67 bits per heavy atom. The Kier molecular flexibility index (Phi) is 25.1. The Balaban J connectivity index is -0.0000000450. The van der Waals surface area contributed by atoms with E-state index in [-0.39, 0.29) is 42.0 Å². The second kappa shape index (κ2) is 9.61. The van der Waals surface area contributed by atoms with Gasteiger partial charge in [0, 0.05) is 0 Å². The molecule has 0 bridgehead atoms. The van der Waals surface area contributed by atoms with Crippen molar-refractivity contribution in [3.8, 4) is 0 Å². The van der Waals surface area contributed by atoms with E-state index in [2.05, 4.69) is 0 Å². The first-order valence-electron chi connectivity index (χ1n) is 0.516. The summed E-state index contributed by atoms with van der Waals surface area (Å²) in [5.74, 6) is 0. The second-order valence-electron chi connectivity index (χ2n) is 0.217. The summed E-state index contributed by atoms with van der Waals surface area (Å²) in [6.07, 6.45) is 0. The van der Waals surface area contributed by atoms with Gasteiger partial charge in [0.2, 0.25) is 0 Å². The average Bonchev–Trinajstić information content (AvgIpc) is 0.811. The van der Waals surface area contributed by atoms with Gasteiger partial charge in [0.05, 0.1) is 11.4 Å². The summed E-state index contributed by atoms with van der Waals surface area (Å²) in [6.45, 7) is 0. The molecule has 1 N–H and O–H groups in total. The summed E-state index contributed by atoms with van der Waals surface area (Å²) in [5.41, 5.74) is 0. The zero-order valence-electron chi connectivity index (χ0n) is 3.05. The average molecular weight is 140 g/mol. The van der Waals surface area contributed by atoms with Crippen molar-refractivity contribution in [1.29, 1.82) is 0 Å². The van der Waals surface area contributed by atoms with Crippen molar-refractivity contribution in [2.45, 2.75) is 0 Å². The first-order chi connectivity index (χ1) is 1.73. The first-order valence-corrected chi connectivity index (χ1v) is 1.55. The van der Waals surface area contributed by atoms with Crippen molar-refractivity contribution in [3.63, 3.8) is 0 Å². The standard InChI is InChI=1S/ClH.Na.H2O3S/c;;1-4(2)3/h1H;;(H2,1,2,3)/q;+1;/p-2. The quantitative estimate of drug-likeness (QED) is 0.268. The molecule has 0 radical (unpaired) electrons. The Labute approximate surface area is 66.3 Å². The summed E-state index contributed by atoms with van der Waals surface area (Å²) in [5, 5.41) is 0. The molecular formula is HClNaO3S-. The monoisotopic (exact) mass is 139 g/mol. The van der Waals surface area contributed by atoms with Gasteiger partial charge < -0.3 is 21.5 Å². The molecule has 0 heterocycles. The SMILES string of the molecule is O=S([O-])O.[Cl-].[Na+]. The molecule has 0 rings (SSSR count). The zero-order valence-corrected chi connectivity index (χ0v) is 6.62. The van der Waals surface area contributed by atoms with E-state index in [0.717, 1.165) is 0 Å². The van der Waals surface area contributed by atoms with E-state index in [9.17, 15) is 0 Å². The van der Waals surface area contributed by atoms with Gasteiger partial charge in [-0.2, -0.15) is 0 Å². The van der Waals surface area contributed by atoms with E-state index in [4.69, 9.17) is 13.3 Å². The molecule has 1 unspecified atom stereocenters. The number of hydrogen-bond donors (Lipinski definition) is 1. The minimum absolute atomic E-state index is 0. The van der Waals surface area contributed by atoms with E-state index in [1.54, 1.807) is 0 Å². The Morgan fingerprint density at radius 2 is 1.67 bits per heavy atom. The van der Waals surface area contributed by atoms with Crippen LogP contribution in [-0.2, 0) is 11.4 Å². The minimum Gasteiger partial charge on any atom is -1.00 e. The summed E-state index contributed by atoms with van der Waals surface area (Å²) in [6, 6.07) is 0. The van der Waals surface area contributed by atoms with Crippen LogP contribution in [0, 0.1) is 0 Å². The first kappa shape index (κ1) is 15.7. The van der Waals surface area contributed by atoms with E-state index in [1.165, 1.54) is 0 Å². The van der Waals surface area contributed by atoms with Crippen LogP contribution >= 0.6 is 0 Å². The summed E-state index contributed by atoms with van der Waals surface area (Å²) in [7, 11) is 0. The van der Waals surface area contributed by atoms with Crippen LogP contribution in [0.15, 0.2) is 0 Å². The Morgan fingerprint density at radius 1 is 1.67 bits per heavy atom. The van der Waals surface area contributed by atoms with Crippen LogP contribution in [0.25, 0.3) is 0 Å². The molecule has 1 atom stereocenters. The summed E-state index contributed by atoms with van der Waals surface area (Å²) >= 11 is -2.86. The van der Waals surface area contributed by atoms with Gasteiger partial charge in [-0.25, -0.2) is 4.21 Å². The molecule has 0 aromatic carbocycles. The van der Waals surface area contributed by atoms with Crippen molar-refractivity contribution in [2.75, 3.05) is 0 Å². The fraction of sp³-hybridized carbons (Fsp3) is 0. The van der Waals surface area contributed by atoms with Crippen LogP contribution in [0.2, 0.25) is 0 Å². The fourth-order valence-electron chi connectivity index (χ4n) is 0. The van der Waals surface area contributed by atoms with Crippen LogP contribution in [-0.4, -0.2) is 13.3 Å². The predicted octanol–water partition coefficient (Wildman–Crippen LogP) is -6.65. The molecule has 6 heteroatoms. The van der Waals surface area contributed by atoms with Gasteiger partial charge in [0.1, 0.15) is 0 Å². The third-order valence-corrected chi connectivity index (χ3v) is 0. The van der Waals surface area contributed by atoms with Gasteiger partial charge in [-0.15, -0.1) is 0 Å². The van der Waals surface area contributed by atoms with E-state index in [0.29, 0.717) is 0 Å². The molecule has 0 aliphatic rings. The van der Waals surface area contributed by atoms with Crippen LogP contribution in [0.3, 0.4) is 0 Å². The maximum atomic E-state index is 8.56. The van der Waals surface area contributed by atoms with Gasteiger partial charge in [0.15, 0.2) is 0 Å². The van der Waals surface area contributed by atoms with E-state index in [1.807, 2.05) is 0 Å². The molecule has 34 valence electrons. The van der Waals surface area contributed by atoms with Gasteiger partial charge in [-0.05, 0) is 0 Å². The van der Waals surface area contributed by atoms with Crippen molar-refractivity contribution < 1.29 is 55.3 Å². The van der Waals surface area contributed by atoms with Crippen LogP contribution in [0.4, 0.5) is 0 Å². The Hall–Kier alpha value is 1.36. The molecule has 0 saturated carbocycles. The minimum atomic E-state index is -2.86. The molecular weight excluding hydrogens is 139 g/mol. The summed E-state index contributed by atoms with van der Waals surface area (Å²) < 4.78 is 24.1. The molecule has 0 aliphatic heterocycles. The molecule has 0 saturated heterocycles. The van der Waals surface area contributed by atoms with Crippen molar-refractivity contribution in [1.82, 2.24) is 0 Å². The fourth-order valence-corrected chi connectivity index (χ4v) is 0. The van der Waals surface area contributed by atoms with Gasteiger partial charge in [0.25, 0.3) is 0 Å². The van der Waals surface area contributed by atoms with Crippen LogP contribution in [0.1, 0.15) is 0 Å². The third-order valence-electron chi connectivity index (χ3n) is 0. The van der Waals surface area contributed by atoms with Crippen molar-refractivity contribution >= 4 is 11.4 Å². The molecule has 0 aromatic heterocycles. The molecule has 0 spiro atoms. The number of rotatable bonds is 0. The Bertz CT molecular complexity index is 33.8. The maximum absolute atomic E-state index is 8.56. The normalized spacial score (nSPS) is 10.3. The van der Waals surface area contributed by atoms with E-state index < -0.39 is 11.4 Å². The van der Waals surface area contributed by atoms with Crippen molar-refractivity contribution in [2.24, 2.45) is 0 Å². The number of hydrogen-bond acceptors (Lipinski definition) is 2. The molecule has 0 fully saturated rings. The van der Waals surface area contributed by atoms with E-state index >= 15 is 0 Å². The van der Waals surface area contributed by atoms with Crippen molar-refractivity contribution in [3.05, 3.63) is 0 Å².